The number of amides is 1. The number of nitrogens with one attached hydrogen (secondary N) is 1. The largest absolute Gasteiger partial charge is 0.348 e. The maximum absolute atomic E-state index is 12.4. The highest BCUT2D eigenvalue weighted by Crippen LogP contribution is 2.26. The number of rotatable bonds is 4. The summed E-state index contributed by atoms with van der Waals surface area (Å²) < 4.78 is 0. The molecular formula is C21H22N2OS. The van der Waals surface area contributed by atoms with Crippen LogP contribution in [0.3, 0.4) is 0 Å². The van der Waals surface area contributed by atoms with Crippen LogP contribution in [0.15, 0.2) is 60.1 Å². The summed E-state index contributed by atoms with van der Waals surface area (Å²) in [5.74, 6) is -0.0681. The van der Waals surface area contributed by atoms with Crippen molar-refractivity contribution in [2.75, 3.05) is 0 Å². The first-order chi connectivity index (χ1) is 11.9. The zero-order valence-electron chi connectivity index (χ0n) is 14.7. The van der Waals surface area contributed by atoms with Gasteiger partial charge in [0, 0.05) is 18.3 Å². The number of aromatic nitrogens is 1. The third kappa shape index (κ3) is 4.15. The Morgan fingerprint density at radius 3 is 2.48 bits per heavy atom. The molecule has 0 unspecified atom stereocenters. The summed E-state index contributed by atoms with van der Waals surface area (Å²) in [7, 11) is 0. The molecular weight excluding hydrogens is 328 g/mol. The molecule has 0 bridgehead atoms. The van der Waals surface area contributed by atoms with Gasteiger partial charge in [0.2, 0.25) is 0 Å². The number of benzene rings is 1. The zero-order valence-corrected chi connectivity index (χ0v) is 15.6. The van der Waals surface area contributed by atoms with Crippen molar-refractivity contribution in [1.29, 1.82) is 0 Å². The molecule has 2 heterocycles. The Bertz CT molecular complexity index is 846. The maximum atomic E-state index is 12.4. The Morgan fingerprint density at radius 1 is 1.08 bits per heavy atom. The predicted molar refractivity (Wildman–Crippen MR) is 104 cm³/mol. The fourth-order valence-corrected chi connectivity index (χ4v) is 3.37. The average molecular weight is 350 g/mol. The molecule has 0 atom stereocenters. The standard InChI is InChI=1S/C21H22N2OS/c1-21(2,3)17-10-8-15(9-11-17)20(24)23-14-16-6-4-12-22-19(16)18-7-5-13-25-18/h4-13H,14H2,1-3H3,(H,23,24). The van der Waals surface area contributed by atoms with Gasteiger partial charge in [0.05, 0.1) is 10.6 Å². The summed E-state index contributed by atoms with van der Waals surface area (Å²) in [4.78, 5) is 18.0. The molecule has 128 valence electrons. The van der Waals surface area contributed by atoms with E-state index < -0.39 is 0 Å². The van der Waals surface area contributed by atoms with Gasteiger partial charge in [0.15, 0.2) is 0 Å². The Hall–Kier alpha value is -2.46. The highest BCUT2D eigenvalue weighted by molar-refractivity contribution is 7.13. The lowest BCUT2D eigenvalue weighted by molar-refractivity contribution is 0.0951. The van der Waals surface area contributed by atoms with Crippen LogP contribution in [0.2, 0.25) is 0 Å². The highest BCUT2D eigenvalue weighted by Gasteiger charge is 2.14. The van der Waals surface area contributed by atoms with Gasteiger partial charge in [-0.1, -0.05) is 45.0 Å². The van der Waals surface area contributed by atoms with Crippen LogP contribution in [0.1, 0.15) is 42.3 Å². The van der Waals surface area contributed by atoms with Gasteiger partial charge in [-0.2, -0.15) is 0 Å². The van der Waals surface area contributed by atoms with E-state index >= 15 is 0 Å². The van der Waals surface area contributed by atoms with E-state index in [9.17, 15) is 4.79 Å². The van der Waals surface area contributed by atoms with Crippen molar-refractivity contribution in [2.45, 2.75) is 32.7 Å². The zero-order chi connectivity index (χ0) is 17.9. The van der Waals surface area contributed by atoms with E-state index in [0.29, 0.717) is 12.1 Å². The lowest BCUT2D eigenvalue weighted by Crippen LogP contribution is -2.23. The van der Waals surface area contributed by atoms with Gasteiger partial charge < -0.3 is 5.32 Å². The maximum Gasteiger partial charge on any atom is 0.251 e. The minimum atomic E-state index is -0.0681. The van der Waals surface area contributed by atoms with Gasteiger partial charge in [0.1, 0.15) is 0 Å². The van der Waals surface area contributed by atoms with Crippen LogP contribution in [0.25, 0.3) is 10.6 Å². The number of hydrogen-bond donors (Lipinski definition) is 1. The van der Waals surface area contributed by atoms with Gasteiger partial charge in [-0.3, -0.25) is 9.78 Å². The normalized spacial score (nSPS) is 11.3. The Labute approximate surface area is 152 Å². The molecule has 0 spiro atoms. The Kier molecular flexibility index (Phi) is 5.00. The topological polar surface area (TPSA) is 42.0 Å². The van der Waals surface area contributed by atoms with Crippen molar-refractivity contribution in [1.82, 2.24) is 10.3 Å². The summed E-state index contributed by atoms with van der Waals surface area (Å²) in [6, 6.07) is 15.8. The van der Waals surface area contributed by atoms with Crippen molar-refractivity contribution >= 4 is 17.2 Å². The second-order valence-corrected chi connectivity index (χ2v) is 7.95. The first-order valence-electron chi connectivity index (χ1n) is 8.31. The van der Waals surface area contributed by atoms with E-state index in [1.54, 1.807) is 17.5 Å². The molecule has 0 saturated carbocycles. The summed E-state index contributed by atoms with van der Waals surface area (Å²) in [6.45, 7) is 6.95. The van der Waals surface area contributed by atoms with Crippen LogP contribution < -0.4 is 5.32 Å². The summed E-state index contributed by atoms with van der Waals surface area (Å²) >= 11 is 1.65. The lowest BCUT2D eigenvalue weighted by Gasteiger charge is -2.19. The molecule has 1 aromatic carbocycles. The van der Waals surface area contributed by atoms with Crippen LogP contribution >= 0.6 is 11.3 Å². The predicted octanol–water partition coefficient (Wildman–Crippen LogP) is 5.04. The molecule has 25 heavy (non-hydrogen) atoms. The van der Waals surface area contributed by atoms with Crippen LogP contribution in [-0.2, 0) is 12.0 Å². The number of nitrogens with zero attached hydrogens (tertiary/aromatic N) is 1. The highest BCUT2D eigenvalue weighted by atomic mass is 32.1. The summed E-state index contributed by atoms with van der Waals surface area (Å²) in [6.07, 6.45) is 1.78. The minimum Gasteiger partial charge on any atom is -0.348 e. The second kappa shape index (κ2) is 7.19. The monoisotopic (exact) mass is 350 g/mol. The Morgan fingerprint density at radius 2 is 1.84 bits per heavy atom. The van der Waals surface area contributed by atoms with Gasteiger partial charge in [-0.25, -0.2) is 0 Å². The van der Waals surface area contributed by atoms with Crippen molar-refractivity contribution < 1.29 is 4.79 Å². The van der Waals surface area contributed by atoms with E-state index in [-0.39, 0.29) is 11.3 Å². The third-order valence-corrected chi connectivity index (χ3v) is 4.97. The second-order valence-electron chi connectivity index (χ2n) is 7.00. The van der Waals surface area contributed by atoms with Crippen molar-refractivity contribution in [3.8, 4) is 10.6 Å². The van der Waals surface area contributed by atoms with E-state index in [2.05, 4.69) is 31.1 Å². The smallest absolute Gasteiger partial charge is 0.251 e. The molecule has 0 saturated heterocycles. The number of hydrogen-bond acceptors (Lipinski definition) is 3. The first kappa shape index (κ1) is 17.4. The number of pyridine rings is 1. The van der Waals surface area contributed by atoms with Crippen molar-refractivity contribution in [2.24, 2.45) is 0 Å². The van der Waals surface area contributed by atoms with Gasteiger partial charge in [0.25, 0.3) is 5.91 Å². The van der Waals surface area contributed by atoms with Crippen molar-refractivity contribution in [3.63, 3.8) is 0 Å². The Balaban J connectivity index is 1.71. The molecule has 3 aromatic rings. The molecule has 1 amide bonds. The fraction of sp³-hybridized carbons (Fsp3) is 0.238. The molecule has 1 N–H and O–H groups in total. The number of thiophene rings is 1. The molecule has 0 aliphatic rings. The van der Waals surface area contributed by atoms with Crippen molar-refractivity contribution in [3.05, 3.63) is 76.8 Å². The number of carbonyl (C=O) groups is 1. The van der Waals surface area contributed by atoms with Gasteiger partial charge in [-0.05, 0) is 46.2 Å². The SMILES string of the molecule is CC(C)(C)c1ccc(C(=O)NCc2cccnc2-c2cccs2)cc1. The van der Waals surface area contributed by atoms with Crippen LogP contribution in [0.5, 0.6) is 0 Å². The van der Waals surface area contributed by atoms with Crippen LogP contribution in [0.4, 0.5) is 0 Å². The van der Waals surface area contributed by atoms with Crippen LogP contribution in [-0.4, -0.2) is 10.9 Å². The third-order valence-electron chi connectivity index (χ3n) is 4.10. The van der Waals surface area contributed by atoms with E-state index in [4.69, 9.17) is 0 Å². The van der Waals surface area contributed by atoms with E-state index in [0.717, 1.165) is 16.1 Å². The van der Waals surface area contributed by atoms with E-state index in [1.165, 1.54) is 5.56 Å². The molecule has 3 rings (SSSR count). The van der Waals surface area contributed by atoms with Crippen LogP contribution in [0, 0.1) is 0 Å². The number of carbonyl (C=O) groups excluding carboxylic acids is 1. The molecule has 4 heteroatoms. The first-order valence-corrected chi connectivity index (χ1v) is 9.19. The van der Waals surface area contributed by atoms with E-state index in [1.807, 2.05) is 53.9 Å². The molecule has 0 aliphatic heterocycles. The minimum absolute atomic E-state index is 0.0681. The quantitative estimate of drug-likeness (QED) is 0.716. The lowest BCUT2D eigenvalue weighted by atomic mass is 9.87. The summed E-state index contributed by atoms with van der Waals surface area (Å²) in [5.41, 5.74) is 3.93. The molecule has 2 aromatic heterocycles. The van der Waals surface area contributed by atoms with Gasteiger partial charge in [-0.15, -0.1) is 11.3 Å². The molecule has 0 aliphatic carbocycles. The molecule has 3 nitrogen and oxygen atoms in total. The van der Waals surface area contributed by atoms with Gasteiger partial charge >= 0.3 is 0 Å². The molecule has 0 radical (unpaired) electrons. The fourth-order valence-electron chi connectivity index (χ4n) is 2.62. The summed E-state index contributed by atoms with van der Waals surface area (Å²) in [5, 5.41) is 5.03. The molecule has 0 fully saturated rings. The average Bonchev–Trinajstić information content (AvgIpc) is 3.14.